The molecule has 6 nitrogen and oxygen atoms in total. The summed E-state index contributed by atoms with van der Waals surface area (Å²) in [6.45, 7) is 0. The molecule has 0 spiro atoms. The molecule has 0 bridgehead atoms. The zero-order valence-electron chi connectivity index (χ0n) is 11.8. The highest BCUT2D eigenvalue weighted by Gasteiger charge is 2.13. The third kappa shape index (κ3) is 2.67. The highest BCUT2D eigenvalue weighted by atomic mass is 16.5. The lowest BCUT2D eigenvalue weighted by atomic mass is 10.2. The summed E-state index contributed by atoms with van der Waals surface area (Å²) < 4.78 is 6.48. The van der Waals surface area contributed by atoms with Crippen LogP contribution in [-0.2, 0) is 7.05 Å². The van der Waals surface area contributed by atoms with Gasteiger partial charge in [-0.25, -0.2) is 0 Å². The molecule has 1 N–H and O–H groups in total. The van der Waals surface area contributed by atoms with Crippen LogP contribution in [0.15, 0.2) is 63.9 Å². The minimum Gasteiger partial charge on any atom is -0.354 e. The summed E-state index contributed by atoms with van der Waals surface area (Å²) in [6.07, 6.45) is 0. The molecule has 3 rings (SSSR count). The summed E-state index contributed by atoms with van der Waals surface area (Å²) in [5.41, 5.74) is 0.858. The largest absolute Gasteiger partial charge is 0.354 e. The maximum atomic E-state index is 12.2. The van der Waals surface area contributed by atoms with E-state index in [2.05, 4.69) is 10.5 Å². The fourth-order valence-electron chi connectivity index (χ4n) is 2.04. The fraction of sp³-hybridized carbons (Fsp3) is 0.0625. The number of nitrogens with one attached hydrogen (secondary N) is 1. The van der Waals surface area contributed by atoms with Crippen molar-refractivity contribution < 1.29 is 9.32 Å². The van der Waals surface area contributed by atoms with Crippen molar-refractivity contribution in [2.24, 2.45) is 7.05 Å². The van der Waals surface area contributed by atoms with Crippen molar-refractivity contribution in [3.63, 3.8) is 0 Å². The van der Waals surface area contributed by atoms with Gasteiger partial charge in [0, 0.05) is 24.7 Å². The van der Waals surface area contributed by atoms with E-state index in [9.17, 15) is 9.59 Å². The molecule has 0 atom stereocenters. The van der Waals surface area contributed by atoms with Crippen LogP contribution >= 0.6 is 0 Å². The van der Waals surface area contributed by atoms with E-state index in [1.54, 1.807) is 12.1 Å². The normalized spacial score (nSPS) is 10.4. The number of benzene rings is 1. The van der Waals surface area contributed by atoms with Crippen molar-refractivity contribution in [2.45, 2.75) is 0 Å². The molecular formula is C16H13N3O3. The first-order chi connectivity index (χ1) is 10.6. The number of amides is 1. The predicted molar refractivity (Wildman–Crippen MR) is 81.6 cm³/mol. The van der Waals surface area contributed by atoms with Crippen LogP contribution < -0.4 is 10.9 Å². The Morgan fingerprint density at radius 1 is 1.14 bits per heavy atom. The molecule has 0 aliphatic rings. The monoisotopic (exact) mass is 295 g/mol. The first-order valence-electron chi connectivity index (χ1n) is 6.65. The van der Waals surface area contributed by atoms with Gasteiger partial charge in [-0.1, -0.05) is 41.6 Å². The van der Waals surface area contributed by atoms with Crippen LogP contribution in [-0.4, -0.2) is 15.6 Å². The molecule has 0 unspecified atom stereocenters. The Hall–Kier alpha value is -3.15. The predicted octanol–water partition coefficient (Wildman–Crippen LogP) is 2.29. The van der Waals surface area contributed by atoms with Crippen molar-refractivity contribution in [1.82, 2.24) is 9.72 Å². The van der Waals surface area contributed by atoms with Crippen LogP contribution in [0.4, 0.5) is 5.82 Å². The summed E-state index contributed by atoms with van der Waals surface area (Å²) in [6, 6.07) is 15.6. The number of aromatic nitrogens is 2. The number of rotatable bonds is 3. The minimum atomic E-state index is -0.423. The maximum absolute atomic E-state index is 12.2. The molecule has 0 fully saturated rings. The Morgan fingerprint density at radius 2 is 1.91 bits per heavy atom. The molecule has 0 saturated carbocycles. The van der Waals surface area contributed by atoms with Crippen molar-refractivity contribution in [1.29, 1.82) is 0 Å². The van der Waals surface area contributed by atoms with Gasteiger partial charge in [0.1, 0.15) is 5.69 Å². The summed E-state index contributed by atoms with van der Waals surface area (Å²) in [5.74, 6) is 0.422. The summed E-state index contributed by atoms with van der Waals surface area (Å²) in [5, 5.41) is 6.43. The third-order valence-corrected chi connectivity index (χ3v) is 3.23. The Labute approximate surface area is 126 Å². The number of anilines is 1. The van der Waals surface area contributed by atoms with Crippen molar-refractivity contribution >= 4 is 11.7 Å². The van der Waals surface area contributed by atoms with Gasteiger partial charge in [-0.2, -0.15) is 0 Å². The summed E-state index contributed by atoms with van der Waals surface area (Å²) in [7, 11) is 1.54. The number of hydrogen-bond acceptors (Lipinski definition) is 4. The second-order valence-electron chi connectivity index (χ2n) is 4.70. The molecule has 6 heteroatoms. The van der Waals surface area contributed by atoms with E-state index in [0.29, 0.717) is 11.6 Å². The highest BCUT2D eigenvalue weighted by molar-refractivity contribution is 6.02. The zero-order chi connectivity index (χ0) is 15.5. The zero-order valence-corrected chi connectivity index (χ0v) is 11.8. The van der Waals surface area contributed by atoms with Crippen LogP contribution in [0.25, 0.3) is 11.3 Å². The van der Waals surface area contributed by atoms with Gasteiger partial charge in [-0.3, -0.25) is 9.59 Å². The molecule has 1 amide bonds. The number of pyridine rings is 1. The smallest absolute Gasteiger partial charge is 0.273 e. The Bertz CT molecular complexity index is 866. The lowest BCUT2D eigenvalue weighted by Gasteiger charge is -2.05. The van der Waals surface area contributed by atoms with E-state index < -0.39 is 5.91 Å². The first kappa shape index (κ1) is 13.8. The van der Waals surface area contributed by atoms with Gasteiger partial charge >= 0.3 is 0 Å². The maximum Gasteiger partial charge on any atom is 0.273 e. The molecule has 22 heavy (non-hydrogen) atoms. The summed E-state index contributed by atoms with van der Waals surface area (Å²) >= 11 is 0. The topological polar surface area (TPSA) is 77.1 Å². The van der Waals surface area contributed by atoms with Gasteiger partial charge < -0.3 is 14.4 Å². The van der Waals surface area contributed by atoms with Gasteiger partial charge in [0.05, 0.1) is 0 Å². The van der Waals surface area contributed by atoms with Crippen molar-refractivity contribution in [2.75, 3.05) is 5.32 Å². The standard InChI is InChI=1S/C16H13N3O3/c1-19-12(8-5-9-15(19)20)16(21)17-14-10-13(22-18-14)11-6-3-2-4-7-11/h2-10H,1H3,(H,17,18,21). The molecule has 0 radical (unpaired) electrons. The number of carbonyl (C=O) groups is 1. The van der Waals surface area contributed by atoms with E-state index in [1.807, 2.05) is 30.3 Å². The lowest BCUT2D eigenvalue weighted by molar-refractivity contribution is 0.101. The average molecular weight is 295 g/mol. The fourth-order valence-corrected chi connectivity index (χ4v) is 2.04. The van der Waals surface area contributed by atoms with Crippen LogP contribution in [0, 0.1) is 0 Å². The number of nitrogens with zero attached hydrogens (tertiary/aromatic N) is 2. The first-order valence-corrected chi connectivity index (χ1v) is 6.65. The van der Waals surface area contributed by atoms with Crippen molar-refractivity contribution in [3.05, 3.63) is 70.6 Å². The second-order valence-corrected chi connectivity index (χ2v) is 4.70. The Balaban J connectivity index is 1.82. The van der Waals surface area contributed by atoms with Gasteiger partial charge in [0.15, 0.2) is 11.6 Å². The quantitative estimate of drug-likeness (QED) is 0.804. The number of hydrogen-bond donors (Lipinski definition) is 1. The van der Waals surface area contributed by atoms with E-state index in [1.165, 1.54) is 23.7 Å². The molecule has 0 aliphatic heterocycles. The molecule has 0 saturated heterocycles. The number of carbonyl (C=O) groups excluding carboxylic acids is 1. The second kappa shape index (κ2) is 5.69. The van der Waals surface area contributed by atoms with Gasteiger partial charge in [-0.15, -0.1) is 0 Å². The van der Waals surface area contributed by atoms with Crippen molar-refractivity contribution in [3.8, 4) is 11.3 Å². The Morgan fingerprint density at radius 3 is 2.68 bits per heavy atom. The minimum absolute atomic E-state index is 0.247. The molecular weight excluding hydrogens is 282 g/mol. The average Bonchev–Trinajstić information content (AvgIpc) is 2.99. The third-order valence-electron chi connectivity index (χ3n) is 3.23. The SMILES string of the molecule is Cn1c(C(=O)Nc2cc(-c3ccccc3)on2)cccc1=O. The summed E-state index contributed by atoms with van der Waals surface area (Å²) in [4.78, 5) is 23.7. The van der Waals surface area contributed by atoms with Crippen LogP contribution in [0.1, 0.15) is 10.5 Å². The van der Waals surface area contributed by atoms with E-state index in [4.69, 9.17) is 4.52 Å². The molecule has 0 aliphatic carbocycles. The van der Waals surface area contributed by atoms with Gasteiger partial charge in [0.2, 0.25) is 0 Å². The van der Waals surface area contributed by atoms with E-state index in [-0.39, 0.29) is 11.3 Å². The van der Waals surface area contributed by atoms with Crippen LogP contribution in [0.3, 0.4) is 0 Å². The Kier molecular flexibility index (Phi) is 3.57. The van der Waals surface area contributed by atoms with Gasteiger partial charge in [0.25, 0.3) is 11.5 Å². The molecule has 2 heterocycles. The molecule has 1 aromatic carbocycles. The molecule has 110 valence electrons. The van der Waals surface area contributed by atoms with E-state index >= 15 is 0 Å². The van der Waals surface area contributed by atoms with E-state index in [0.717, 1.165) is 5.56 Å². The van der Waals surface area contributed by atoms with Crippen LogP contribution in [0.2, 0.25) is 0 Å². The lowest BCUT2D eigenvalue weighted by Crippen LogP contribution is -2.25. The molecule has 2 aromatic heterocycles. The van der Waals surface area contributed by atoms with Gasteiger partial charge in [-0.05, 0) is 6.07 Å². The highest BCUT2D eigenvalue weighted by Crippen LogP contribution is 2.22. The van der Waals surface area contributed by atoms with Crippen LogP contribution in [0.5, 0.6) is 0 Å². The molecule has 3 aromatic rings.